The van der Waals surface area contributed by atoms with Crippen LogP contribution in [0.4, 0.5) is 0 Å². The Morgan fingerprint density at radius 1 is 0.714 bits per heavy atom. The fourth-order valence-corrected chi connectivity index (χ4v) is 1.36. The second-order valence-electron chi connectivity index (χ2n) is 3.47. The Morgan fingerprint density at radius 2 is 1.43 bits per heavy atom. The summed E-state index contributed by atoms with van der Waals surface area (Å²) in [6.45, 7) is 0. The number of hydrogen-bond donors (Lipinski definition) is 0. The van der Waals surface area contributed by atoms with Crippen molar-refractivity contribution in [1.82, 2.24) is 0 Å². The average molecular weight is 187 g/mol. The first-order valence-corrected chi connectivity index (χ1v) is 5.53. The minimum absolute atomic E-state index is 1.06. The quantitative estimate of drug-likeness (QED) is 0.528. The fraction of sp³-hybridized carbons (Fsp3) is 0.429. The van der Waals surface area contributed by atoms with Gasteiger partial charge in [0.15, 0.2) is 0 Å². The Balaban J connectivity index is 2.35. The van der Waals surface area contributed by atoms with Crippen LogP contribution in [0.1, 0.15) is 38.5 Å². The van der Waals surface area contributed by atoms with Crippen molar-refractivity contribution >= 4 is 0 Å². The molecule has 0 atom stereocenters. The van der Waals surface area contributed by atoms with Crippen molar-refractivity contribution in [3.05, 3.63) is 48.6 Å². The van der Waals surface area contributed by atoms with E-state index < -0.39 is 0 Å². The monoisotopic (exact) mass is 187 g/mol. The third-order valence-electron chi connectivity index (χ3n) is 2.17. The maximum Gasteiger partial charge on any atom is -0.0245 e. The first kappa shape index (κ1) is 11.0. The summed E-state index contributed by atoms with van der Waals surface area (Å²) < 4.78 is 0. The minimum Gasteiger partial charge on any atom is -0.0845 e. The van der Waals surface area contributed by atoms with Gasteiger partial charge in [-0.3, -0.25) is 0 Å². The van der Waals surface area contributed by atoms with E-state index in [1.54, 1.807) is 0 Å². The highest BCUT2D eigenvalue weighted by molar-refractivity contribution is 5.11. The molecule has 0 heteroatoms. The summed E-state index contributed by atoms with van der Waals surface area (Å²) in [5, 5.41) is 0. The van der Waals surface area contributed by atoms with Gasteiger partial charge in [-0.05, 0) is 44.6 Å². The van der Waals surface area contributed by atoms with Crippen LogP contribution in [-0.2, 0) is 0 Å². The normalized spacial score (nSPS) is 19.4. The predicted molar refractivity (Wildman–Crippen MR) is 62.9 cm³/mol. The largest absolute Gasteiger partial charge is 0.0845 e. The molecule has 1 rings (SSSR count). The Hall–Kier alpha value is -1.04. The fourth-order valence-electron chi connectivity index (χ4n) is 1.36. The van der Waals surface area contributed by atoms with E-state index in [0.29, 0.717) is 0 Å². The highest BCUT2D eigenvalue weighted by Gasteiger charge is 1.84. The average Bonchev–Trinajstić information content (AvgIpc) is 2.22. The topological polar surface area (TPSA) is 0 Å². The smallest absolute Gasteiger partial charge is 0.0245 e. The molecule has 0 aliphatic heterocycles. The number of hydrogen-bond acceptors (Lipinski definition) is 0. The molecule has 0 N–H and O–H groups in total. The Bertz CT molecular complexity index is 228. The first-order chi connectivity index (χ1) is 7.00. The second kappa shape index (κ2) is 8.55. The lowest BCUT2D eigenvalue weighted by molar-refractivity contribution is 0.759. The van der Waals surface area contributed by atoms with E-state index >= 15 is 0 Å². The predicted octanol–water partition coefficient (Wildman–Crippen LogP) is 4.37. The highest BCUT2D eigenvalue weighted by Crippen LogP contribution is 2.03. The second-order valence-corrected chi connectivity index (χ2v) is 3.47. The third kappa shape index (κ3) is 6.47. The van der Waals surface area contributed by atoms with Crippen LogP contribution in [0.3, 0.4) is 0 Å². The van der Waals surface area contributed by atoms with Crippen LogP contribution in [0.15, 0.2) is 42.5 Å². The summed E-state index contributed by atoms with van der Waals surface area (Å²) in [6, 6.07) is 0. The Labute approximate surface area is 87.7 Å². The molecule has 0 spiro atoms. The maximum absolute atomic E-state index is 3.32. The van der Waals surface area contributed by atoms with Crippen molar-refractivity contribution in [3.63, 3.8) is 0 Å². The molecule has 0 aromatic rings. The van der Waals surface area contributed by atoms with Crippen LogP contribution >= 0.6 is 0 Å². The van der Waals surface area contributed by atoms with Crippen molar-refractivity contribution in [2.24, 2.45) is 0 Å². The molecule has 0 aromatic carbocycles. The van der Waals surface area contributed by atoms with Crippen molar-refractivity contribution in [1.29, 1.82) is 0 Å². The molecule has 0 bridgehead atoms. The Morgan fingerprint density at radius 3 is 2.29 bits per heavy atom. The van der Waals surface area contributed by atoms with Crippen molar-refractivity contribution < 1.29 is 0 Å². The van der Waals surface area contributed by atoms with E-state index in [9.17, 15) is 0 Å². The first-order valence-electron chi connectivity index (χ1n) is 5.53. The summed E-state index contributed by atoms with van der Waals surface area (Å²) in [5.41, 5.74) is 0. The highest BCUT2D eigenvalue weighted by atomic mass is 13.9. The molecular formula is C14H19. The lowest BCUT2D eigenvalue weighted by Crippen LogP contribution is -1.73. The number of rotatable bonds is 0. The molecule has 0 aromatic heterocycles. The van der Waals surface area contributed by atoms with Gasteiger partial charge in [-0.2, -0.15) is 0 Å². The van der Waals surface area contributed by atoms with Gasteiger partial charge in [0.1, 0.15) is 0 Å². The molecule has 0 fully saturated rings. The molecule has 0 saturated heterocycles. The van der Waals surface area contributed by atoms with Crippen molar-refractivity contribution in [2.75, 3.05) is 0 Å². The lowest BCUT2D eigenvalue weighted by Gasteiger charge is -1.93. The van der Waals surface area contributed by atoms with E-state index in [2.05, 4.69) is 48.6 Å². The van der Waals surface area contributed by atoms with Crippen LogP contribution in [0.2, 0.25) is 0 Å². The van der Waals surface area contributed by atoms with E-state index in [1.807, 2.05) is 0 Å². The van der Waals surface area contributed by atoms with Crippen LogP contribution in [0.25, 0.3) is 0 Å². The molecule has 0 saturated carbocycles. The zero-order chi connectivity index (χ0) is 9.90. The van der Waals surface area contributed by atoms with Gasteiger partial charge in [-0.15, -0.1) is 0 Å². The lowest BCUT2D eigenvalue weighted by atomic mass is 10.1. The molecule has 0 nitrogen and oxygen atoms in total. The van der Waals surface area contributed by atoms with E-state index in [1.165, 1.54) is 25.7 Å². The summed E-state index contributed by atoms with van der Waals surface area (Å²) >= 11 is 0. The molecule has 14 heavy (non-hydrogen) atoms. The van der Waals surface area contributed by atoms with Crippen molar-refractivity contribution in [3.8, 4) is 0 Å². The molecule has 0 unspecified atom stereocenters. The van der Waals surface area contributed by atoms with Crippen LogP contribution in [0.5, 0.6) is 0 Å². The van der Waals surface area contributed by atoms with Gasteiger partial charge in [0.2, 0.25) is 0 Å². The molecular weight excluding hydrogens is 168 g/mol. The molecule has 1 aliphatic rings. The van der Waals surface area contributed by atoms with Crippen LogP contribution < -0.4 is 0 Å². The molecule has 0 amide bonds. The van der Waals surface area contributed by atoms with Gasteiger partial charge in [0.05, 0.1) is 0 Å². The van der Waals surface area contributed by atoms with Gasteiger partial charge in [-0.25, -0.2) is 0 Å². The minimum atomic E-state index is 1.06. The maximum atomic E-state index is 3.32. The van der Waals surface area contributed by atoms with Gasteiger partial charge >= 0.3 is 0 Å². The van der Waals surface area contributed by atoms with Crippen molar-refractivity contribution in [2.45, 2.75) is 38.5 Å². The third-order valence-corrected chi connectivity index (χ3v) is 2.17. The molecule has 75 valence electrons. The molecule has 1 radical (unpaired) electrons. The van der Waals surface area contributed by atoms with Gasteiger partial charge in [0.25, 0.3) is 0 Å². The van der Waals surface area contributed by atoms with E-state index in [4.69, 9.17) is 0 Å². The molecule has 0 heterocycles. The Kier molecular flexibility index (Phi) is 6.74. The standard InChI is InChI=1S/C14H19/c1-2-4-6-8-10-12-14-13-11-9-7-5-3-1/h1-6,14H,7-11,13H2. The summed E-state index contributed by atoms with van der Waals surface area (Å²) in [4.78, 5) is 0. The van der Waals surface area contributed by atoms with Gasteiger partial charge in [-0.1, -0.05) is 42.5 Å². The molecule has 1 aliphatic carbocycles. The zero-order valence-electron chi connectivity index (χ0n) is 8.78. The van der Waals surface area contributed by atoms with E-state index in [-0.39, 0.29) is 0 Å². The number of allylic oxidation sites excluding steroid dienone is 8. The van der Waals surface area contributed by atoms with Crippen LogP contribution in [0, 0.1) is 6.08 Å². The SMILES string of the molecule is [C]1=CCCCCC=CC=CC=CCC1. The summed E-state index contributed by atoms with van der Waals surface area (Å²) in [6.07, 6.45) is 25.5. The van der Waals surface area contributed by atoms with Gasteiger partial charge in [0, 0.05) is 0 Å². The van der Waals surface area contributed by atoms with Gasteiger partial charge < -0.3 is 0 Å². The summed E-state index contributed by atoms with van der Waals surface area (Å²) in [5.74, 6) is 0. The summed E-state index contributed by atoms with van der Waals surface area (Å²) in [7, 11) is 0. The van der Waals surface area contributed by atoms with Crippen LogP contribution in [-0.4, -0.2) is 0 Å². The van der Waals surface area contributed by atoms with E-state index in [0.717, 1.165) is 12.8 Å². The zero-order valence-corrected chi connectivity index (χ0v) is 8.78.